The van der Waals surface area contributed by atoms with Gasteiger partial charge in [0.05, 0.1) is 0 Å². The van der Waals surface area contributed by atoms with E-state index < -0.39 is 21.6 Å². The van der Waals surface area contributed by atoms with Crippen LogP contribution in [0.2, 0.25) is 0 Å². The van der Waals surface area contributed by atoms with Crippen molar-refractivity contribution >= 4 is 21.6 Å². The Balaban J connectivity index is 5.00. The van der Waals surface area contributed by atoms with Gasteiger partial charge in [-0.3, -0.25) is 4.79 Å². The van der Waals surface area contributed by atoms with Gasteiger partial charge in [0.2, 0.25) is 16.2 Å². The van der Waals surface area contributed by atoms with Crippen LogP contribution in [0.1, 0.15) is 13.8 Å². The molecule has 0 aromatic heterocycles. The Morgan fingerprint density at radius 1 is 1.50 bits per heavy atom. The van der Waals surface area contributed by atoms with Gasteiger partial charge in [-0.2, -0.15) is 8.42 Å². The van der Waals surface area contributed by atoms with Gasteiger partial charge in [-0.15, -0.1) is 0 Å². The molecule has 2 N–H and O–H groups in total. The number of amides is 1. The van der Waals surface area contributed by atoms with Gasteiger partial charge < -0.3 is 5.73 Å². The molecule has 0 saturated carbocycles. The molecule has 5 heteroatoms. The first-order valence-electron chi connectivity index (χ1n) is 3.20. The Morgan fingerprint density at radius 2 is 1.92 bits per heavy atom. The first-order valence-corrected chi connectivity index (χ1v) is 4.34. The maximum absolute atomic E-state index is 10.6. The maximum atomic E-state index is 10.6. The first-order chi connectivity index (χ1) is 5.27. The number of nitrogens with two attached hydrogens (primary N) is 1. The summed E-state index contributed by atoms with van der Waals surface area (Å²) in [6.45, 7) is 6.50. The second-order valence-corrected chi connectivity index (χ2v) is 3.70. The summed E-state index contributed by atoms with van der Waals surface area (Å²) in [5.41, 5.74) is 4.11. The van der Waals surface area contributed by atoms with Gasteiger partial charge in [-0.1, -0.05) is 20.4 Å². The van der Waals surface area contributed by atoms with Crippen molar-refractivity contribution in [2.75, 3.05) is 0 Å². The molecule has 0 aliphatic carbocycles. The van der Waals surface area contributed by atoms with Gasteiger partial charge in [-0.25, -0.2) is 0 Å². The minimum atomic E-state index is -2.32. The minimum Gasteiger partial charge on any atom is -0.366 e. The molecular formula is C7H11NO3S. The summed E-state index contributed by atoms with van der Waals surface area (Å²) in [6.07, 6.45) is 0. The molecular weight excluding hydrogens is 178 g/mol. The lowest BCUT2D eigenvalue weighted by Crippen LogP contribution is -2.27. The molecule has 0 aromatic carbocycles. The fourth-order valence-corrected chi connectivity index (χ4v) is 1.25. The molecule has 68 valence electrons. The summed E-state index contributed by atoms with van der Waals surface area (Å²) in [4.78, 5) is 10.6. The fraction of sp³-hybridized carbons (Fsp3) is 0.429. The Labute approximate surface area is 72.6 Å². The quantitative estimate of drug-likeness (QED) is 0.490. The molecule has 0 rings (SSSR count). The largest absolute Gasteiger partial charge is 0.366 e. The van der Waals surface area contributed by atoms with E-state index in [2.05, 4.69) is 6.58 Å². The second kappa shape index (κ2) is 3.53. The van der Waals surface area contributed by atoms with E-state index in [1.807, 2.05) is 0 Å². The third kappa shape index (κ3) is 2.87. The van der Waals surface area contributed by atoms with E-state index in [-0.39, 0.29) is 5.57 Å². The molecule has 1 amide bonds. The minimum absolute atomic E-state index is 0.0756. The van der Waals surface area contributed by atoms with Crippen LogP contribution < -0.4 is 5.73 Å². The summed E-state index contributed by atoms with van der Waals surface area (Å²) in [5.74, 6) is -0.693. The molecule has 0 heterocycles. The number of carbonyl (C=O) groups excluding carboxylic acids is 1. The lowest BCUT2D eigenvalue weighted by atomic mass is 9.87. The van der Waals surface area contributed by atoms with Crippen molar-refractivity contribution in [1.82, 2.24) is 0 Å². The second-order valence-electron chi connectivity index (χ2n) is 2.94. The van der Waals surface area contributed by atoms with E-state index in [4.69, 9.17) is 5.73 Å². The maximum Gasteiger partial charge on any atom is 0.244 e. The van der Waals surface area contributed by atoms with E-state index in [0.29, 0.717) is 0 Å². The molecule has 0 saturated heterocycles. The lowest BCUT2D eigenvalue weighted by molar-refractivity contribution is -0.115. The summed E-state index contributed by atoms with van der Waals surface area (Å²) >= 11 is 0. The highest BCUT2D eigenvalue weighted by Crippen LogP contribution is 2.21. The third-order valence-electron chi connectivity index (χ3n) is 1.47. The SMILES string of the molecule is C=C(C(N)=O)C(C)(C)C=S(=O)=O. The molecule has 0 unspecified atom stereocenters. The number of rotatable bonds is 3. The zero-order chi connectivity index (χ0) is 9.94. The zero-order valence-corrected chi connectivity index (χ0v) is 7.81. The van der Waals surface area contributed by atoms with Crippen LogP contribution >= 0.6 is 0 Å². The summed E-state index contributed by atoms with van der Waals surface area (Å²) in [7, 11) is -2.32. The van der Waals surface area contributed by atoms with Crippen molar-refractivity contribution in [3.05, 3.63) is 12.2 Å². The Kier molecular flexibility index (Phi) is 3.21. The van der Waals surface area contributed by atoms with Crippen LogP contribution in [0.25, 0.3) is 0 Å². The summed E-state index contributed by atoms with van der Waals surface area (Å²) in [5, 5.41) is 0.986. The van der Waals surface area contributed by atoms with Gasteiger partial charge in [0.25, 0.3) is 0 Å². The van der Waals surface area contributed by atoms with Crippen LogP contribution in [0, 0.1) is 5.41 Å². The first kappa shape index (κ1) is 10.9. The molecule has 4 nitrogen and oxygen atoms in total. The molecule has 0 aromatic rings. The van der Waals surface area contributed by atoms with Crippen LogP contribution in [-0.2, 0) is 15.1 Å². The predicted molar refractivity (Wildman–Crippen MR) is 47.1 cm³/mol. The molecule has 0 atom stereocenters. The smallest absolute Gasteiger partial charge is 0.244 e. The topological polar surface area (TPSA) is 77.2 Å². The molecule has 0 bridgehead atoms. The normalized spacial score (nSPS) is 10.5. The van der Waals surface area contributed by atoms with E-state index in [9.17, 15) is 13.2 Å². The average Bonchev–Trinajstić information content (AvgIpc) is 1.82. The van der Waals surface area contributed by atoms with Crippen molar-refractivity contribution in [2.24, 2.45) is 11.1 Å². The predicted octanol–water partition coefficient (Wildman–Crippen LogP) is -0.265. The van der Waals surface area contributed by atoms with Crippen LogP contribution in [0.15, 0.2) is 12.2 Å². The van der Waals surface area contributed by atoms with Gasteiger partial charge in [0, 0.05) is 16.4 Å². The van der Waals surface area contributed by atoms with E-state index in [1.165, 1.54) is 0 Å². The molecule has 0 fully saturated rings. The van der Waals surface area contributed by atoms with Crippen LogP contribution in [-0.4, -0.2) is 19.7 Å². The number of hydrogen-bond acceptors (Lipinski definition) is 3. The van der Waals surface area contributed by atoms with Crippen molar-refractivity contribution in [1.29, 1.82) is 0 Å². The van der Waals surface area contributed by atoms with Crippen LogP contribution in [0.4, 0.5) is 0 Å². The molecule has 0 aliphatic heterocycles. The average molecular weight is 189 g/mol. The third-order valence-corrected chi connectivity index (χ3v) is 2.25. The van der Waals surface area contributed by atoms with Crippen molar-refractivity contribution in [3.63, 3.8) is 0 Å². The van der Waals surface area contributed by atoms with Gasteiger partial charge >= 0.3 is 0 Å². The van der Waals surface area contributed by atoms with E-state index in [1.54, 1.807) is 13.8 Å². The van der Waals surface area contributed by atoms with Crippen molar-refractivity contribution < 1.29 is 13.2 Å². The Bertz CT molecular complexity index is 330. The van der Waals surface area contributed by atoms with Crippen molar-refractivity contribution in [3.8, 4) is 0 Å². The van der Waals surface area contributed by atoms with Crippen LogP contribution in [0.3, 0.4) is 0 Å². The Morgan fingerprint density at radius 3 is 2.17 bits per heavy atom. The zero-order valence-electron chi connectivity index (χ0n) is 6.99. The Hall–Kier alpha value is -1.10. The molecule has 0 aliphatic rings. The number of carbonyl (C=O) groups is 1. The van der Waals surface area contributed by atoms with Gasteiger partial charge in [0.15, 0.2) is 0 Å². The summed E-state index contributed by atoms with van der Waals surface area (Å²) in [6, 6.07) is 0. The van der Waals surface area contributed by atoms with E-state index in [0.717, 1.165) is 5.37 Å². The van der Waals surface area contributed by atoms with Gasteiger partial charge in [-0.05, 0) is 0 Å². The summed E-state index contributed by atoms with van der Waals surface area (Å²) < 4.78 is 20.6. The number of hydrogen-bond donors (Lipinski definition) is 1. The fourth-order valence-electron chi connectivity index (χ4n) is 0.629. The number of primary amides is 1. The van der Waals surface area contributed by atoms with E-state index >= 15 is 0 Å². The molecule has 0 radical (unpaired) electrons. The highest BCUT2D eigenvalue weighted by atomic mass is 32.2. The highest BCUT2D eigenvalue weighted by Gasteiger charge is 2.23. The van der Waals surface area contributed by atoms with Crippen LogP contribution in [0.5, 0.6) is 0 Å². The monoisotopic (exact) mass is 189 g/mol. The standard InChI is InChI=1S/C7H11NO3S/c1-5(6(8)9)7(2,3)4-12(10)11/h4H,1H2,2-3H3,(H2,8,9). The molecule has 0 spiro atoms. The van der Waals surface area contributed by atoms with Gasteiger partial charge in [0.1, 0.15) is 0 Å². The molecule has 12 heavy (non-hydrogen) atoms. The van der Waals surface area contributed by atoms with Crippen molar-refractivity contribution in [2.45, 2.75) is 13.8 Å². The lowest BCUT2D eigenvalue weighted by Gasteiger charge is -2.17. The highest BCUT2D eigenvalue weighted by molar-refractivity contribution is 7.71.